The van der Waals surface area contributed by atoms with Gasteiger partial charge in [-0.15, -0.1) is 0 Å². The Morgan fingerprint density at radius 1 is 1.16 bits per heavy atom. The van der Waals surface area contributed by atoms with Crippen molar-refractivity contribution in [2.24, 2.45) is 5.92 Å². The van der Waals surface area contributed by atoms with Gasteiger partial charge in [-0.25, -0.2) is 0 Å². The van der Waals surface area contributed by atoms with E-state index in [1.807, 2.05) is 0 Å². The molecule has 0 aliphatic carbocycles. The van der Waals surface area contributed by atoms with Gasteiger partial charge in [-0.1, -0.05) is 24.6 Å². The van der Waals surface area contributed by atoms with Gasteiger partial charge >= 0.3 is 0 Å². The lowest BCUT2D eigenvalue weighted by molar-refractivity contribution is 0.186. The number of rotatable bonds is 3. The van der Waals surface area contributed by atoms with Crippen LogP contribution in [0.4, 0.5) is 5.69 Å². The summed E-state index contributed by atoms with van der Waals surface area (Å²) in [6.07, 6.45) is 0.853. The highest BCUT2D eigenvalue weighted by atomic mass is 16.3. The maximum Gasteiger partial charge on any atom is 0.0446 e. The first-order valence-corrected chi connectivity index (χ1v) is 7.23. The number of hydrogen-bond acceptors (Lipinski definition) is 3. The minimum absolute atomic E-state index is 0.269. The van der Waals surface area contributed by atoms with Crippen LogP contribution in [0.15, 0.2) is 24.3 Å². The molecule has 2 unspecified atom stereocenters. The number of nitrogens with zero attached hydrogens (tertiary/aromatic N) is 2. The van der Waals surface area contributed by atoms with Crippen LogP contribution in [-0.2, 0) is 0 Å². The standard InChI is InChI=1S/C16H26N2O/c1-13-4-6-15(7-5-13)18-11-14(2)10-17(3)16(12-18)8-9-19/h4-7,14,16,19H,8-12H2,1-3H3. The second-order valence-corrected chi connectivity index (χ2v) is 5.95. The Kier molecular flexibility index (Phi) is 4.83. The van der Waals surface area contributed by atoms with E-state index in [2.05, 4.69) is 55.0 Å². The van der Waals surface area contributed by atoms with E-state index >= 15 is 0 Å². The first kappa shape index (κ1) is 14.4. The fourth-order valence-corrected chi connectivity index (χ4v) is 2.97. The third-order valence-electron chi connectivity index (χ3n) is 4.05. The SMILES string of the molecule is Cc1ccc(N2CC(C)CN(C)C(CCO)C2)cc1. The molecule has 1 aromatic carbocycles. The van der Waals surface area contributed by atoms with Gasteiger partial charge in [0.15, 0.2) is 0 Å². The van der Waals surface area contributed by atoms with Crippen molar-refractivity contribution < 1.29 is 5.11 Å². The summed E-state index contributed by atoms with van der Waals surface area (Å²) in [6, 6.07) is 9.22. The third kappa shape index (κ3) is 3.71. The smallest absolute Gasteiger partial charge is 0.0446 e. The van der Waals surface area contributed by atoms with Gasteiger partial charge in [0, 0.05) is 38.0 Å². The molecular formula is C16H26N2O. The Balaban J connectivity index is 2.16. The van der Waals surface area contributed by atoms with E-state index in [1.54, 1.807) is 0 Å². The molecule has 2 atom stereocenters. The Hall–Kier alpha value is -1.06. The van der Waals surface area contributed by atoms with Crippen molar-refractivity contribution in [2.75, 3.05) is 38.2 Å². The molecule has 1 fully saturated rings. The molecule has 1 saturated heterocycles. The molecule has 1 heterocycles. The molecule has 19 heavy (non-hydrogen) atoms. The maximum atomic E-state index is 9.24. The zero-order chi connectivity index (χ0) is 13.8. The number of hydrogen-bond donors (Lipinski definition) is 1. The van der Waals surface area contributed by atoms with Crippen LogP contribution in [0.2, 0.25) is 0 Å². The molecule has 0 aromatic heterocycles. The van der Waals surface area contributed by atoms with E-state index in [0.717, 1.165) is 26.1 Å². The Bertz CT molecular complexity index is 390. The van der Waals surface area contributed by atoms with Crippen molar-refractivity contribution in [3.05, 3.63) is 29.8 Å². The predicted octanol–water partition coefficient (Wildman–Crippen LogP) is 2.13. The van der Waals surface area contributed by atoms with Crippen molar-refractivity contribution >= 4 is 5.69 Å². The lowest BCUT2D eigenvalue weighted by Crippen LogP contribution is -2.39. The number of benzene rings is 1. The van der Waals surface area contributed by atoms with Crippen LogP contribution in [-0.4, -0.2) is 49.3 Å². The van der Waals surface area contributed by atoms with E-state index in [9.17, 15) is 5.11 Å². The van der Waals surface area contributed by atoms with Crippen LogP contribution in [0.25, 0.3) is 0 Å². The fourth-order valence-electron chi connectivity index (χ4n) is 2.97. The van der Waals surface area contributed by atoms with Crippen molar-refractivity contribution in [1.82, 2.24) is 4.90 Å². The summed E-state index contributed by atoms with van der Waals surface area (Å²) in [5, 5.41) is 9.24. The van der Waals surface area contributed by atoms with Gasteiger partial charge in [0.2, 0.25) is 0 Å². The highest BCUT2D eigenvalue weighted by Crippen LogP contribution is 2.22. The average molecular weight is 262 g/mol. The summed E-state index contributed by atoms with van der Waals surface area (Å²) >= 11 is 0. The lowest BCUT2D eigenvalue weighted by Gasteiger charge is -2.29. The predicted molar refractivity (Wildman–Crippen MR) is 80.7 cm³/mol. The van der Waals surface area contributed by atoms with Gasteiger partial charge in [0.1, 0.15) is 0 Å². The molecule has 0 saturated carbocycles. The summed E-state index contributed by atoms with van der Waals surface area (Å²) in [5.74, 6) is 0.648. The highest BCUT2D eigenvalue weighted by Gasteiger charge is 2.25. The van der Waals surface area contributed by atoms with Gasteiger partial charge < -0.3 is 14.9 Å². The molecule has 0 bridgehead atoms. The molecule has 1 aromatic rings. The number of aryl methyl sites for hydroxylation is 1. The van der Waals surface area contributed by atoms with Gasteiger partial charge in [-0.3, -0.25) is 0 Å². The first-order chi connectivity index (χ1) is 9.10. The second kappa shape index (κ2) is 6.40. The average Bonchev–Trinajstić information content (AvgIpc) is 2.50. The van der Waals surface area contributed by atoms with Gasteiger partial charge in [-0.2, -0.15) is 0 Å². The zero-order valence-corrected chi connectivity index (χ0v) is 12.3. The van der Waals surface area contributed by atoms with E-state index in [-0.39, 0.29) is 6.61 Å². The van der Waals surface area contributed by atoms with E-state index in [0.29, 0.717) is 12.0 Å². The highest BCUT2D eigenvalue weighted by molar-refractivity contribution is 5.48. The molecule has 1 N–H and O–H groups in total. The van der Waals surface area contributed by atoms with E-state index < -0.39 is 0 Å². The van der Waals surface area contributed by atoms with E-state index in [1.165, 1.54) is 11.3 Å². The van der Waals surface area contributed by atoms with Crippen LogP contribution in [0, 0.1) is 12.8 Å². The number of likely N-dealkylation sites (N-methyl/N-ethyl adjacent to an activating group) is 1. The monoisotopic (exact) mass is 262 g/mol. The molecule has 0 spiro atoms. The zero-order valence-electron chi connectivity index (χ0n) is 12.3. The van der Waals surface area contributed by atoms with Crippen molar-refractivity contribution in [3.63, 3.8) is 0 Å². The fraction of sp³-hybridized carbons (Fsp3) is 0.625. The first-order valence-electron chi connectivity index (χ1n) is 7.23. The Morgan fingerprint density at radius 2 is 1.84 bits per heavy atom. The molecule has 1 aliphatic rings. The number of aliphatic hydroxyl groups excluding tert-OH is 1. The molecule has 3 nitrogen and oxygen atoms in total. The quantitative estimate of drug-likeness (QED) is 0.904. The van der Waals surface area contributed by atoms with Crippen molar-refractivity contribution in [2.45, 2.75) is 26.3 Å². The summed E-state index contributed by atoms with van der Waals surface area (Å²) in [5.41, 5.74) is 2.60. The molecule has 0 amide bonds. The minimum Gasteiger partial charge on any atom is -0.396 e. The second-order valence-electron chi connectivity index (χ2n) is 5.95. The molecule has 0 radical (unpaired) electrons. The molecule has 2 rings (SSSR count). The Morgan fingerprint density at radius 3 is 2.47 bits per heavy atom. The molecule has 106 valence electrons. The van der Waals surface area contributed by atoms with Crippen LogP contribution >= 0.6 is 0 Å². The summed E-state index contributed by atoms with van der Waals surface area (Å²) in [6.45, 7) is 7.90. The molecular weight excluding hydrogens is 236 g/mol. The summed E-state index contributed by atoms with van der Waals surface area (Å²) in [4.78, 5) is 4.86. The summed E-state index contributed by atoms with van der Waals surface area (Å²) in [7, 11) is 2.18. The van der Waals surface area contributed by atoms with Gasteiger partial charge in [-0.05, 0) is 38.4 Å². The van der Waals surface area contributed by atoms with Gasteiger partial charge in [0.25, 0.3) is 0 Å². The van der Waals surface area contributed by atoms with Gasteiger partial charge in [0.05, 0.1) is 0 Å². The summed E-state index contributed by atoms with van der Waals surface area (Å²) < 4.78 is 0. The van der Waals surface area contributed by atoms with Crippen LogP contribution < -0.4 is 4.90 Å². The molecule has 1 aliphatic heterocycles. The topological polar surface area (TPSA) is 26.7 Å². The third-order valence-corrected chi connectivity index (χ3v) is 4.05. The van der Waals surface area contributed by atoms with Crippen molar-refractivity contribution in [1.29, 1.82) is 0 Å². The number of anilines is 1. The molecule has 3 heteroatoms. The van der Waals surface area contributed by atoms with Crippen molar-refractivity contribution in [3.8, 4) is 0 Å². The van der Waals surface area contributed by atoms with Crippen LogP contribution in [0.1, 0.15) is 18.9 Å². The Labute approximate surface area is 116 Å². The lowest BCUT2D eigenvalue weighted by atomic mass is 10.1. The van der Waals surface area contributed by atoms with E-state index in [4.69, 9.17) is 0 Å². The number of aliphatic hydroxyl groups is 1. The minimum atomic E-state index is 0.269. The van der Waals surface area contributed by atoms with Crippen LogP contribution in [0.5, 0.6) is 0 Å². The maximum absolute atomic E-state index is 9.24. The normalized spacial score (nSPS) is 25.4. The largest absolute Gasteiger partial charge is 0.396 e. The van der Waals surface area contributed by atoms with Crippen LogP contribution in [0.3, 0.4) is 0 Å².